The van der Waals surface area contributed by atoms with Gasteiger partial charge in [-0.3, -0.25) is 0 Å². The molecule has 0 bridgehead atoms. The average Bonchev–Trinajstić information content (AvgIpc) is 4.10. The van der Waals surface area contributed by atoms with Gasteiger partial charge in [-0.05, 0) is 142 Å². The number of anilines is 9. The Morgan fingerprint density at radius 2 is 0.802 bits per heavy atom. The fraction of sp³-hybridized carbons (Fsp3) is 0.208. The van der Waals surface area contributed by atoms with E-state index in [9.17, 15) is 0 Å². The predicted octanol–water partition coefficient (Wildman–Crippen LogP) is 16.1. The number of aryl methyl sites for hydroxylation is 7. The van der Waals surface area contributed by atoms with Gasteiger partial charge >= 0.3 is 0 Å². The molecule has 0 atom stereocenters. The quantitative estimate of drug-likeness (QED) is 0.146. The summed E-state index contributed by atoms with van der Waals surface area (Å²) in [5, 5.41) is 0. The number of benzene rings is 8. The smallest absolute Gasteiger partial charge is 0.212 e. The van der Waals surface area contributed by atoms with Crippen LogP contribution in [0.5, 0.6) is 0 Å². The lowest BCUT2D eigenvalue weighted by Gasteiger charge is -2.22. The second-order valence-electron chi connectivity index (χ2n) is 20.7. The minimum atomic E-state index is -2.13. The molecule has 0 aliphatic carbocycles. The van der Waals surface area contributed by atoms with Gasteiger partial charge in [0, 0.05) is 98.4 Å². The summed E-state index contributed by atoms with van der Waals surface area (Å²) in [6.07, 6.45) is 9.02. The van der Waals surface area contributed by atoms with E-state index in [0.29, 0.717) is 12.2 Å². The minimum Gasteiger partial charge on any atom is -0.361 e. The maximum Gasteiger partial charge on any atom is 0.212 e. The summed E-state index contributed by atoms with van der Waals surface area (Å²) in [6, 6.07) is 72.2. The van der Waals surface area contributed by atoms with Crippen molar-refractivity contribution in [3.05, 3.63) is 277 Å². The number of hydrogen-bond donors (Lipinski definition) is 0. The average molecular weight is 1080 g/mol. The van der Waals surface area contributed by atoms with E-state index < -0.39 is 13.3 Å². The third-order valence-corrected chi connectivity index (χ3v) is 14.9. The van der Waals surface area contributed by atoms with Gasteiger partial charge in [0.15, 0.2) is 6.20 Å². The van der Waals surface area contributed by atoms with E-state index in [1.165, 1.54) is 66.8 Å². The van der Waals surface area contributed by atoms with Gasteiger partial charge < -0.3 is 39.2 Å². The Bertz CT molecular complexity index is 3780. The number of pyridine rings is 1. The number of rotatable bonds is 7. The summed E-state index contributed by atoms with van der Waals surface area (Å²) in [5.74, 6) is 0. The summed E-state index contributed by atoms with van der Waals surface area (Å²) < 4.78 is 40.6. The van der Waals surface area contributed by atoms with Gasteiger partial charge in [-0.1, -0.05) is 140 Å². The maximum atomic E-state index is 7.74. The SMILES string of the molecule is Cc1ccccc1N1C=CN(C)C1.Cc1ccccc1N1C=CN(c2ccccc2)C1.Cc1ccccc1N1CN(C)c2ccccc21.[2H]C([2H])(C)c1ccc(-c2ccccc2C)[n+](C)c1.[2H]C([2H])([2H])N1CN(c2ccccc2C)c2ccccc21. The molecule has 0 amide bonds. The van der Waals surface area contributed by atoms with Crippen LogP contribution in [0.2, 0.25) is 0 Å². The van der Waals surface area contributed by atoms with E-state index in [4.69, 9.17) is 6.85 Å². The highest BCUT2D eigenvalue weighted by Gasteiger charge is 2.26. The van der Waals surface area contributed by atoms with Gasteiger partial charge in [-0.25, -0.2) is 4.57 Å². The topological polar surface area (TPSA) is 29.8 Å². The van der Waals surface area contributed by atoms with Gasteiger partial charge in [-0.15, -0.1) is 0 Å². The molecule has 0 saturated carbocycles. The fourth-order valence-corrected chi connectivity index (χ4v) is 10.5. The van der Waals surface area contributed by atoms with Crippen LogP contribution in [0.4, 0.5) is 51.2 Å². The predicted molar refractivity (Wildman–Crippen MR) is 345 cm³/mol. The van der Waals surface area contributed by atoms with Crippen LogP contribution in [0.15, 0.2) is 243 Å². The third kappa shape index (κ3) is 13.6. The molecule has 9 heteroatoms. The number of hydrogen-bond acceptors (Lipinski definition) is 8. The van der Waals surface area contributed by atoms with Crippen molar-refractivity contribution < 1.29 is 11.4 Å². The van der Waals surface area contributed by atoms with Crippen LogP contribution in [-0.4, -0.2) is 52.6 Å². The van der Waals surface area contributed by atoms with Crippen molar-refractivity contribution in [2.24, 2.45) is 7.05 Å². The molecule has 4 aliphatic heterocycles. The molecule has 13 rings (SSSR count). The second kappa shape index (κ2) is 26.6. The largest absolute Gasteiger partial charge is 0.361 e. The molecule has 1 aromatic heterocycles. The van der Waals surface area contributed by atoms with Crippen LogP contribution < -0.4 is 38.9 Å². The van der Waals surface area contributed by atoms with Gasteiger partial charge in [0.2, 0.25) is 5.69 Å². The normalized spacial score (nSPS) is 14.9. The van der Waals surface area contributed by atoms with Gasteiger partial charge in [0.1, 0.15) is 7.05 Å². The lowest BCUT2D eigenvalue weighted by molar-refractivity contribution is -0.660. The summed E-state index contributed by atoms with van der Waals surface area (Å²) in [7, 11) is 6.17. The Hall–Kier alpha value is -9.21. The first-order valence-electron chi connectivity index (χ1n) is 30.2. The number of para-hydroxylation sites is 9. The third-order valence-electron chi connectivity index (χ3n) is 14.9. The molecule has 0 fully saturated rings. The van der Waals surface area contributed by atoms with E-state index in [2.05, 4.69) is 234 Å². The fourth-order valence-electron chi connectivity index (χ4n) is 10.5. The van der Waals surface area contributed by atoms with Crippen molar-refractivity contribution in [1.82, 2.24) is 4.90 Å². The van der Waals surface area contributed by atoms with Crippen LogP contribution in [0.25, 0.3) is 11.3 Å². The summed E-state index contributed by atoms with van der Waals surface area (Å²) >= 11 is 0. The Morgan fingerprint density at radius 1 is 0.395 bits per heavy atom. The van der Waals surface area contributed by atoms with Crippen LogP contribution in [0.3, 0.4) is 0 Å². The molecular weight excluding hydrogens is 991 g/mol. The zero-order chi connectivity index (χ0) is 61.1. The van der Waals surface area contributed by atoms with Gasteiger partial charge in [-0.2, -0.15) is 0 Å². The Balaban J connectivity index is 0.000000129. The summed E-state index contributed by atoms with van der Waals surface area (Å²) in [4.78, 5) is 17.1. The molecule has 4 aliphatic rings. The van der Waals surface area contributed by atoms with E-state index >= 15 is 0 Å². The summed E-state index contributed by atoms with van der Waals surface area (Å²) in [5.41, 5.74) is 19.7. The Morgan fingerprint density at radius 3 is 1.27 bits per heavy atom. The first-order chi connectivity index (χ1) is 41.3. The molecular formula is C72H80N9+. The van der Waals surface area contributed by atoms with Gasteiger partial charge in [0.05, 0.1) is 49.4 Å². The van der Waals surface area contributed by atoms with Crippen molar-refractivity contribution in [2.75, 3.05) is 82.0 Å². The van der Waals surface area contributed by atoms with E-state index in [1.807, 2.05) is 104 Å². The highest BCUT2D eigenvalue weighted by atomic mass is 15.4. The second-order valence-corrected chi connectivity index (χ2v) is 20.7. The summed E-state index contributed by atoms with van der Waals surface area (Å²) in [6.45, 7) is 13.1. The highest BCUT2D eigenvalue weighted by molar-refractivity contribution is 5.84. The lowest BCUT2D eigenvalue weighted by Crippen LogP contribution is -2.31. The molecule has 0 N–H and O–H groups in total. The molecule has 412 valence electrons. The van der Waals surface area contributed by atoms with Crippen LogP contribution in [-0.2, 0) is 13.4 Å². The molecule has 9 nitrogen and oxygen atoms in total. The molecule has 8 aromatic carbocycles. The monoisotopic (exact) mass is 1080 g/mol. The van der Waals surface area contributed by atoms with E-state index in [1.54, 1.807) is 6.92 Å². The Labute approximate surface area is 490 Å². The lowest BCUT2D eigenvalue weighted by atomic mass is 10.0. The first-order valence-corrected chi connectivity index (χ1v) is 27.7. The first kappa shape index (κ1) is 50.0. The number of fused-ring (bicyclic) bond motifs is 2. The van der Waals surface area contributed by atoms with E-state index in [0.717, 1.165) is 48.3 Å². The number of aromatic nitrogens is 1. The molecule has 0 saturated heterocycles. The van der Waals surface area contributed by atoms with Crippen molar-refractivity contribution in [3.8, 4) is 11.3 Å². The van der Waals surface area contributed by atoms with Crippen molar-refractivity contribution >= 4 is 51.2 Å². The highest BCUT2D eigenvalue weighted by Crippen LogP contribution is 2.42. The van der Waals surface area contributed by atoms with Crippen LogP contribution in [0.1, 0.15) is 47.2 Å². The standard InChI is InChI=1S/C16H16N2.2C15H16N2.C15H18N.C11H14N2/c1-14-7-5-6-10-16(14)18-12-11-17(13-18)15-8-3-2-4-9-15;2*1-12-7-3-4-8-13(12)17-11-16(2)14-9-5-6-10-15(14)17;1-4-13-9-10-15(16(3)11-13)14-8-6-5-7-12(14)2;1-10-5-3-4-6-11(10)13-8-7-12(2)9-13/h2-12H,13H2,1H3;2*3-10H,11H2,1-2H3;5-11H,4H2,1-3H3;3-8H,9H2,1-2H3/q;;;+1;/i;2D3;;4D2;. The van der Waals surface area contributed by atoms with Gasteiger partial charge in [0.25, 0.3) is 0 Å². The number of nitrogens with zero attached hydrogens (tertiary/aromatic N) is 9. The van der Waals surface area contributed by atoms with Crippen molar-refractivity contribution in [3.63, 3.8) is 0 Å². The van der Waals surface area contributed by atoms with Crippen LogP contribution >= 0.6 is 0 Å². The molecule has 9 aromatic rings. The maximum absolute atomic E-state index is 7.74. The zero-order valence-corrected chi connectivity index (χ0v) is 48.4. The molecule has 0 spiro atoms. The van der Waals surface area contributed by atoms with Crippen molar-refractivity contribution in [2.45, 2.75) is 47.9 Å². The van der Waals surface area contributed by atoms with Crippen LogP contribution in [0, 0.1) is 34.6 Å². The minimum absolute atomic E-state index is 0.348. The van der Waals surface area contributed by atoms with E-state index in [-0.39, 0.29) is 0 Å². The zero-order valence-electron chi connectivity index (χ0n) is 53.4. The Kier molecular flexibility index (Phi) is 16.5. The molecule has 5 heterocycles. The molecule has 0 radical (unpaired) electrons. The molecule has 0 unspecified atom stereocenters. The van der Waals surface area contributed by atoms with Crippen molar-refractivity contribution in [1.29, 1.82) is 0 Å². The molecule has 81 heavy (non-hydrogen) atoms.